The van der Waals surface area contributed by atoms with E-state index in [1.54, 1.807) is 12.2 Å². The molecular formula is C18H16N2O4S. The SMILES string of the molecule is Cc1sc(NC(=O)[C@H]2[C@H](C(=O)O)[C@H]3C=C[C@H]2O3)nc1-c1ccccc1. The number of hydrogen-bond donors (Lipinski definition) is 2. The Bertz CT molecular complexity index is 861. The number of anilines is 1. The van der Waals surface area contributed by atoms with Crippen molar-refractivity contribution in [1.29, 1.82) is 0 Å². The van der Waals surface area contributed by atoms with E-state index in [0.29, 0.717) is 5.13 Å². The fraction of sp³-hybridized carbons (Fsp3) is 0.278. The maximum Gasteiger partial charge on any atom is 0.310 e. The number of carboxylic acids is 1. The number of nitrogens with one attached hydrogen (secondary N) is 1. The molecule has 0 saturated carbocycles. The fourth-order valence-electron chi connectivity index (χ4n) is 3.42. The Morgan fingerprint density at radius 3 is 2.52 bits per heavy atom. The first-order chi connectivity index (χ1) is 12.0. The van der Waals surface area contributed by atoms with Crippen molar-refractivity contribution in [3.05, 3.63) is 47.4 Å². The molecule has 128 valence electrons. The molecule has 1 amide bonds. The van der Waals surface area contributed by atoms with Crippen LogP contribution in [-0.4, -0.2) is 34.2 Å². The van der Waals surface area contributed by atoms with Gasteiger partial charge in [0.2, 0.25) is 5.91 Å². The highest BCUT2D eigenvalue weighted by molar-refractivity contribution is 7.16. The van der Waals surface area contributed by atoms with E-state index in [0.717, 1.165) is 16.1 Å². The summed E-state index contributed by atoms with van der Waals surface area (Å²) in [6.45, 7) is 1.94. The second-order valence-electron chi connectivity index (χ2n) is 6.12. The fourth-order valence-corrected chi connectivity index (χ4v) is 4.26. The van der Waals surface area contributed by atoms with Gasteiger partial charge >= 0.3 is 5.97 Å². The largest absolute Gasteiger partial charge is 0.481 e. The number of rotatable bonds is 4. The molecule has 2 N–H and O–H groups in total. The van der Waals surface area contributed by atoms with Crippen molar-refractivity contribution in [2.24, 2.45) is 11.8 Å². The van der Waals surface area contributed by atoms with Crippen LogP contribution >= 0.6 is 11.3 Å². The molecule has 4 atom stereocenters. The summed E-state index contributed by atoms with van der Waals surface area (Å²) in [5.41, 5.74) is 1.80. The predicted octanol–water partition coefficient (Wildman–Crippen LogP) is 2.71. The van der Waals surface area contributed by atoms with E-state index in [4.69, 9.17) is 4.74 Å². The zero-order valence-corrected chi connectivity index (χ0v) is 14.2. The summed E-state index contributed by atoms with van der Waals surface area (Å²) >= 11 is 1.38. The molecule has 4 rings (SSSR count). The highest BCUT2D eigenvalue weighted by Crippen LogP contribution is 2.40. The van der Waals surface area contributed by atoms with Crippen LogP contribution in [0.2, 0.25) is 0 Å². The maximum atomic E-state index is 12.7. The number of benzene rings is 1. The number of aliphatic carboxylic acids is 1. The molecule has 2 aromatic rings. The van der Waals surface area contributed by atoms with Gasteiger partial charge in [-0.15, -0.1) is 11.3 Å². The number of hydrogen-bond acceptors (Lipinski definition) is 5. The Morgan fingerprint density at radius 2 is 1.84 bits per heavy atom. The van der Waals surface area contributed by atoms with E-state index < -0.39 is 30.0 Å². The summed E-state index contributed by atoms with van der Waals surface area (Å²) in [7, 11) is 0. The number of ether oxygens (including phenoxy) is 1. The number of aryl methyl sites for hydroxylation is 1. The Labute approximate surface area is 148 Å². The van der Waals surface area contributed by atoms with Gasteiger partial charge in [-0.2, -0.15) is 0 Å². The first kappa shape index (κ1) is 16.0. The third kappa shape index (κ3) is 2.75. The molecular weight excluding hydrogens is 340 g/mol. The minimum Gasteiger partial charge on any atom is -0.481 e. The Kier molecular flexibility index (Phi) is 3.89. The molecule has 1 saturated heterocycles. The molecule has 0 radical (unpaired) electrons. The molecule has 1 aromatic heterocycles. The zero-order valence-electron chi connectivity index (χ0n) is 13.4. The van der Waals surface area contributed by atoms with Crippen molar-refractivity contribution >= 4 is 28.3 Å². The summed E-state index contributed by atoms with van der Waals surface area (Å²) in [5, 5.41) is 12.7. The zero-order chi connectivity index (χ0) is 17.6. The third-order valence-corrected chi connectivity index (χ3v) is 5.45. The van der Waals surface area contributed by atoms with Crippen LogP contribution < -0.4 is 5.32 Å². The number of carbonyl (C=O) groups excluding carboxylic acids is 1. The highest BCUT2D eigenvalue weighted by atomic mass is 32.1. The number of thiazole rings is 1. The van der Waals surface area contributed by atoms with Crippen molar-refractivity contribution in [3.8, 4) is 11.3 Å². The van der Waals surface area contributed by atoms with Crippen molar-refractivity contribution in [3.63, 3.8) is 0 Å². The van der Waals surface area contributed by atoms with Gasteiger partial charge < -0.3 is 15.2 Å². The minimum absolute atomic E-state index is 0.363. The van der Waals surface area contributed by atoms with Crippen molar-refractivity contribution in [2.75, 3.05) is 5.32 Å². The van der Waals surface area contributed by atoms with Gasteiger partial charge in [0.1, 0.15) is 5.92 Å². The van der Waals surface area contributed by atoms with Crippen LogP contribution in [0.15, 0.2) is 42.5 Å². The molecule has 3 heterocycles. The van der Waals surface area contributed by atoms with E-state index in [2.05, 4.69) is 10.3 Å². The summed E-state index contributed by atoms with van der Waals surface area (Å²) in [6.07, 6.45) is 2.46. The third-order valence-electron chi connectivity index (χ3n) is 4.56. The first-order valence-electron chi connectivity index (χ1n) is 7.95. The van der Waals surface area contributed by atoms with Crippen LogP contribution in [-0.2, 0) is 14.3 Å². The molecule has 0 unspecified atom stereocenters. The van der Waals surface area contributed by atoms with Crippen LogP contribution in [0.3, 0.4) is 0 Å². The van der Waals surface area contributed by atoms with Gasteiger partial charge in [-0.05, 0) is 6.92 Å². The standard InChI is InChI=1S/C18H16N2O4S/c1-9-15(10-5-3-2-4-6-10)19-18(25-9)20-16(21)13-11-7-8-12(24-11)14(13)17(22)23/h2-8,11-14H,1H3,(H,22,23)(H,19,20,21)/t11-,12-,13-,14-/m1/s1. The van der Waals surface area contributed by atoms with Gasteiger partial charge in [-0.1, -0.05) is 42.5 Å². The molecule has 0 spiro atoms. The van der Waals surface area contributed by atoms with Crippen molar-refractivity contribution in [2.45, 2.75) is 19.1 Å². The van der Waals surface area contributed by atoms with Crippen LogP contribution in [0.1, 0.15) is 4.88 Å². The van der Waals surface area contributed by atoms with Crippen LogP contribution in [0.25, 0.3) is 11.3 Å². The number of carboxylic acid groups (broad SMARTS) is 1. The normalized spacial score (nSPS) is 26.8. The second-order valence-corrected chi connectivity index (χ2v) is 7.32. The molecule has 2 bridgehead atoms. The van der Waals surface area contributed by atoms with Gasteiger partial charge in [0.15, 0.2) is 5.13 Å². The Balaban J connectivity index is 1.56. The average molecular weight is 356 g/mol. The van der Waals surface area contributed by atoms with E-state index in [1.165, 1.54) is 11.3 Å². The number of fused-ring (bicyclic) bond motifs is 2. The van der Waals surface area contributed by atoms with Crippen molar-refractivity contribution in [1.82, 2.24) is 4.98 Å². The number of amides is 1. The summed E-state index contributed by atoms with van der Waals surface area (Å²) in [4.78, 5) is 29.6. The van der Waals surface area contributed by atoms with E-state index in [1.807, 2.05) is 37.3 Å². The lowest BCUT2D eigenvalue weighted by atomic mass is 9.82. The summed E-state index contributed by atoms with van der Waals surface area (Å²) < 4.78 is 5.55. The molecule has 2 aliphatic rings. The Morgan fingerprint density at radius 1 is 1.16 bits per heavy atom. The van der Waals surface area contributed by atoms with Crippen molar-refractivity contribution < 1.29 is 19.4 Å². The lowest BCUT2D eigenvalue weighted by Crippen LogP contribution is -2.39. The number of nitrogens with zero attached hydrogens (tertiary/aromatic N) is 1. The summed E-state index contributed by atoms with van der Waals surface area (Å²) in [6, 6.07) is 9.72. The molecule has 0 aliphatic carbocycles. The summed E-state index contributed by atoms with van der Waals surface area (Å²) in [5.74, 6) is -2.98. The molecule has 2 aliphatic heterocycles. The molecule has 1 fully saturated rings. The Hall–Kier alpha value is -2.51. The van der Waals surface area contributed by atoms with E-state index in [-0.39, 0.29) is 5.91 Å². The second kappa shape index (κ2) is 6.09. The predicted molar refractivity (Wildman–Crippen MR) is 93.3 cm³/mol. The molecule has 25 heavy (non-hydrogen) atoms. The lowest BCUT2D eigenvalue weighted by Gasteiger charge is -2.20. The van der Waals surface area contributed by atoms with Gasteiger partial charge in [0.05, 0.1) is 23.8 Å². The van der Waals surface area contributed by atoms with Gasteiger partial charge in [0, 0.05) is 10.4 Å². The first-order valence-corrected chi connectivity index (χ1v) is 8.76. The topological polar surface area (TPSA) is 88.5 Å². The number of aromatic nitrogens is 1. The highest BCUT2D eigenvalue weighted by Gasteiger charge is 2.53. The molecule has 1 aromatic carbocycles. The van der Waals surface area contributed by atoms with E-state index in [9.17, 15) is 14.7 Å². The average Bonchev–Trinajstić information content (AvgIpc) is 3.29. The van der Waals surface area contributed by atoms with Crippen LogP contribution in [0.5, 0.6) is 0 Å². The minimum atomic E-state index is -1.02. The molecule has 7 heteroatoms. The maximum absolute atomic E-state index is 12.7. The molecule has 6 nitrogen and oxygen atoms in total. The van der Waals surface area contributed by atoms with Crippen LogP contribution in [0, 0.1) is 18.8 Å². The quantitative estimate of drug-likeness (QED) is 0.823. The van der Waals surface area contributed by atoms with Gasteiger partial charge in [-0.3, -0.25) is 9.59 Å². The lowest BCUT2D eigenvalue weighted by molar-refractivity contribution is -0.145. The van der Waals surface area contributed by atoms with E-state index >= 15 is 0 Å². The van der Waals surface area contributed by atoms with Gasteiger partial charge in [0.25, 0.3) is 0 Å². The smallest absolute Gasteiger partial charge is 0.310 e. The van der Waals surface area contributed by atoms with Crippen LogP contribution in [0.4, 0.5) is 5.13 Å². The van der Waals surface area contributed by atoms with Gasteiger partial charge in [-0.25, -0.2) is 4.98 Å². The number of carbonyl (C=O) groups is 2. The monoisotopic (exact) mass is 356 g/mol.